The van der Waals surface area contributed by atoms with E-state index in [1.807, 2.05) is 36.4 Å². The van der Waals surface area contributed by atoms with Gasteiger partial charge >= 0.3 is 6.03 Å². The molecule has 2 aromatic heterocycles. The van der Waals surface area contributed by atoms with E-state index in [0.29, 0.717) is 11.5 Å². The second kappa shape index (κ2) is 7.03. The summed E-state index contributed by atoms with van der Waals surface area (Å²) in [7, 11) is 1.64. The molecule has 26 heavy (non-hydrogen) atoms. The molecule has 0 bridgehead atoms. The van der Waals surface area contributed by atoms with Crippen LogP contribution < -0.4 is 15.4 Å². The van der Waals surface area contributed by atoms with Gasteiger partial charge in [0.25, 0.3) is 0 Å². The number of benzene rings is 1. The second-order valence-corrected chi connectivity index (χ2v) is 6.46. The lowest BCUT2D eigenvalue weighted by atomic mass is 10.1. The van der Waals surface area contributed by atoms with E-state index in [9.17, 15) is 4.79 Å². The van der Waals surface area contributed by atoms with Crippen molar-refractivity contribution in [3.63, 3.8) is 0 Å². The summed E-state index contributed by atoms with van der Waals surface area (Å²) in [5.41, 5.74) is 2.43. The number of aromatic nitrogens is 3. The van der Waals surface area contributed by atoms with Gasteiger partial charge in [0.05, 0.1) is 19.0 Å². The van der Waals surface area contributed by atoms with E-state index in [1.165, 1.54) is 12.8 Å². The molecule has 0 spiro atoms. The van der Waals surface area contributed by atoms with Gasteiger partial charge in [0.15, 0.2) is 11.5 Å². The van der Waals surface area contributed by atoms with Crippen molar-refractivity contribution in [2.75, 3.05) is 12.4 Å². The number of urea groups is 1. The van der Waals surface area contributed by atoms with Crippen LogP contribution in [0.5, 0.6) is 5.75 Å². The topological polar surface area (TPSA) is 80.5 Å². The summed E-state index contributed by atoms with van der Waals surface area (Å²) < 4.78 is 6.93. The highest BCUT2D eigenvalue weighted by molar-refractivity contribution is 5.88. The number of ether oxygens (including phenoxy) is 1. The number of nitrogens with zero attached hydrogens (tertiary/aromatic N) is 3. The lowest BCUT2D eigenvalue weighted by Gasteiger charge is -2.11. The highest BCUT2D eigenvalue weighted by Gasteiger charge is 2.17. The minimum Gasteiger partial charge on any atom is -0.497 e. The lowest BCUT2D eigenvalue weighted by molar-refractivity contribution is 0.248. The predicted molar refractivity (Wildman–Crippen MR) is 99.4 cm³/mol. The number of nitrogens with one attached hydrogen (secondary N) is 2. The van der Waals surface area contributed by atoms with Crippen LogP contribution in [0.1, 0.15) is 25.7 Å². The van der Waals surface area contributed by atoms with Crippen LogP contribution in [0.4, 0.5) is 10.6 Å². The molecule has 2 heterocycles. The zero-order valence-corrected chi connectivity index (χ0v) is 14.6. The van der Waals surface area contributed by atoms with E-state index in [-0.39, 0.29) is 12.1 Å². The van der Waals surface area contributed by atoms with Gasteiger partial charge in [-0.25, -0.2) is 14.3 Å². The molecule has 0 radical (unpaired) electrons. The van der Waals surface area contributed by atoms with Crippen LogP contribution in [-0.4, -0.2) is 33.8 Å². The molecule has 0 unspecified atom stereocenters. The van der Waals surface area contributed by atoms with Crippen molar-refractivity contribution >= 4 is 17.5 Å². The average Bonchev–Trinajstić information content (AvgIpc) is 3.30. The number of hydrogen-bond donors (Lipinski definition) is 2. The van der Waals surface area contributed by atoms with E-state index in [0.717, 1.165) is 29.8 Å². The van der Waals surface area contributed by atoms with E-state index in [4.69, 9.17) is 4.74 Å². The average molecular weight is 351 g/mol. The van der Waals surface area contributed by atoms with Gasteiger partial charge in [0.1, 0.15) is 5.75 Å². The fourth-order valence-electron chi connectivity index (χ4n) is 3.29. The third-order valence-corrected chi connectivity index (χ3v) is 4.62. The summed E-state index contributed by atoms with van der Waals surface area (Å²) in [6.07, 6.45) is 6.16. The van der Waals surface area contributed by atoms with Gasteiger partial charge in [-0.1, -0.05) is 25.0 Å². The minimum atomic E-state index is -0.215. The molecular formula is C19H21N5O2. The molecule has 1 aliphatic carbocycles. The van der Waals surface area contributed by atoms with Crippen molar-refractivity contribution in [2.24, 2.45) is 0 Å². The van der Waals surface area contributed by atoms with Crippen molar-refractivity contribution in [3.8, 4) is 17.0 Å². The second-order valence-electron chi connectivity index (χ2n) is 6.46. The number of hydrogen-bond acceptors (Lipinski definition) is 4. The summed E-state index contributed by atoms with van der Waals surface area (Å²) in [6, 6.07) is 11.6. The van der Waals surface area contributed by atoms with E-state index in [1.54, 1.807) is 17.8 Å². The van der Waals surface area contributed by atoms with Crippen molar-refractivity contribution in [1.29, 1.82) is 0 Å². The van der Waals surface area contributed by atoms with Gasteiger partial charge in [0.2, 0.25) is 0 Å². The molecule has 0 saturated heterocycles. The Bertz CT molecular complexity index is 931. The van der Waals surface area contributed by atoms with Gasteiger partial charge in [-0.15, -0.1) is 0 Å². The standard InChI is InChI=1S/C19H21N5O2/c1-26-15-8-4-5-13(11-15)16-9-10-18-21-17(12-24(18)23-16)22-19(25)20-14-6-2-3-7-14/h4-5,8-12,14H,2-3,6-7H2,1H3,(H2,20,22,25). The Labute approximate surface area is 151 Å². The summed E-state index contributed by atoms with van der Waals surface area (Å²) in [5, 5.41) is 10.4. The fraction of sp³-hybridized carbons (Fsp3) is 0.316. The van der Waals surface area contributed by atoms with Gasteiger partial charge in [-0.05, 0) is 37.1 Å². The van der Waals surface area contributed by atoms with Gasteiger partial charge in [-0.3, -0.25) is 5.32 Å². The highest BCUT2D eigenvalue weighted by Crippen LogP contribution is 2.23. The Morgan fingerprint density at radius 2 is 2.08 bits per heavy atom. The number of fused-ring (bicyclic) bond motifs is 1. The maximum Gasteiger partial charge on any atom is 0.320 e. The molecule has 7 heteroatoms. The normalized spacial score (nSPS) is 14.5. The van der Waals surface area contributed by atoms with E-state index < -0.39 is 0 Å². The molecule has 0 aliphatic heterocycles. The van der Waals surface area contributed by atoms with Crippen LogP contribution in [0.25, 0.3) is 16.9 Å². The van der Waals surface area contributed by atoms with Crippen LogP contribution in [-0.2, 0) is 0 Å². The van der Waals surface area contributed by atoms with Gasteiger partial charge in [0, 0.05) is 11.6 Å². The first-order valence-electron chi connectivity index (χ1n) is 8.80. The van der Waals surface area contributed by atoms with E-state index >= 15 is 0 Å². The maximum atomic E-state index is 12.1. The van der Waals surface area contributed by atoms with Crippen LogP contribution in [0.3, 0.4) is 0 Å². The quantitative estimate of drug-likeness (QED) is 0.754. The monoisotopic (exact) mass is 351 g/mol. The van der Waals surface area contributed by atoms with Crippen LogP contribution >= 0.6 is 0 Å². The third kappa shape index (κ3) is 3.46. The Hall–Kier alpha value is -3.09. The Balaban J connectivity index is 1.52. The molecular weight excluding hydrogens is 330 g/mol. The van der Waals surface area contributed by atoms with Crippen molar-refractivity contribution in [3.05, 3.63) is 42.6 Å². The first-order chi connectivity index (χ1) is 12.7. The molecule has 134 valence electrons. The summed E-state index contributed by atoms with van der Waals surface area (Å²) in [6.45, 7) is 0. The number of imidazole rings is 1. The number of anilines is 1. The molecule has 1 saturated carbocycles. The van der Waals surface area contributed by atoms with Gasteiger partial charge < -0.3 is 10.1 Å². The number of amides is 2. The Morgan fingerprint density at radius 1 is 1.23 bits per heavy atom. The van der Waals surface area contributed by atoms with Crippen molar-refractivity contribution in [1.82, 2.24) is 19.9 Å². The molecule has 2 N–H and O–H groups in total. The largest absolute Gasteiger partial charge is 0.497 e. The third-order valence-electron chi connectivity index (χ3n) is 4.62. The molecule has 2 amide bonds. The summed E-state index contributed by atoms with van der Waals surface area (Å²) in [5.74, 6) is 1.26. The molecule has 1 fully saturated rings. The van der Waals surface area contributed by atoms with Crippen LogP contribution in [0.15, 0.2) is 42.6 Å². The first kappa shape index (κ1) is 16.4. The zero-order chi connectivity index (χ0) is 17.9. The van der Waals surface area contributed by atoms with Crippen LogP contribution in [0.2, 0.25) is 0 Å². The SMILES string of the molecule is COc1cccc(-c2ccc3nc(NC(=O)NC4CCCC4)cn3n2)c1. The van der Waals surface area contributed by atoms with Crippen LogP contribution in [0, 0.1) is 0 Å². The van der Waals surface area contributed by atoms with Crippen molar-refractivity contribution in [2.45, 2.75) is 31.7 Å². The zero-order valence-electron chi connectivity index (χ0n) is 14.6. The molecule has 1 aromatic carbocycles. The fourth-order valence-corrected chi connectivity index (χ4v) is 3.29. The van der Waals surface area contributed by atoms with Crippen molar-refractivity contribution < 1.29 is 9.53 Å². The summed E-state index contributed by atoms with van der Waals surface area (Å²) >= 11 is 0. The Morgan fingerprint density at radius 3 is 2.88 bits per heavy atom. The molecule has 7 nitrogen and oxygen atoms in total. The lowest BCUT2D eigenvalue weighted by Crippen LogP contribution is -2.36. The van der Waals surface area contributed by atoms with Gasteiger partial charge in [-0.2, -0.15) is 5.10 Å². The first-order valence-corrected chi connectivity index (χ1v) is 8.80. The molecule has 1 aliphatic rings. The molecule has 0 atom stereocenters. The molecule has 3 aromatic rings. The number of methoxy groups -OCH3 is 1. The predicted octanol–water partition coefficient (Wildman–Crippen LogP) is 3.47. The number of carbonyl (C=O) groups excluding carboxylic acids is 1. The smallest absolute Gasteiger partial charge is 0.320 e. The number of carbonyl (C=O) groups is 1. The number of rotatable bonds is 4. The Kier molecular flexibility index (Phi) is 4.43. The highest BCUT2D eigenvalue weighted by atomic mass is 16.5. The molecule has 4 rings (SSSR count). The van der Waals surface area contributed by atoms with E-state index in [2.05, 4.69) is 20.7 Å². The summed E-state index contributed by atoms with van der Waals surface area (Å²) in [4.78, 5) is 16.5. The minimum absolute atomic E-state index is 0.215. The maximum absolute atomic E-state index is 12.1.